The third-order valence-corrected chi connectivity index (χ3v) is 3.93. The highest BCUT2D eigenvalue weighted by atomic mass is 35.5. The molecule has 0 radical (unpaired) electrons. The van der Waals surface area contributed by atoms with E-state index in [0.717, 1.165) is 11.3 Å². The van der Waals surface area contributed by atoms with Crippen molar-refractivity contribution in [1.82, 2.24) is 4.98 Å². The van der Waals surface area contributed by atoms with Crippen LogP contribution in [0.5, 0.6) is 5.75 Å². The molecular formula is C14H14ClN2O3S-. The molecule has 7 heteroatoms. The molecular weight excluding hydrogens is 312 g/mol. The quantitative estimate of drug-likeness (QED) is 0.787. The number of hydrogen-bond donors (Lipinski definition) is 1. The van der Waals surface area contributed by atoms with Gasteiger partial charge >= 0.3 is 0 Å². The number of benzene rings is 1. The molecule has 112 valence electrons. The summed E-state index contributed by atoms with van der Waals surface area (Å²) in [5, 5.41) is 16.6. The Labute approximate surface area is 131 Å². The maximum absolute atomic E-state index is 10.5. The highest BCUT2D eigenvalue weighted by molar-refractivity contribution is 7.13. The molecule has 0 aliphatic carbocycles. The maximum Gasteiger partial charge on any atom is 0.182 e. The molecule has 1 aromatic carbocycles. The van der Waals surface area contributed by atoms with Gasteiger partial charge < -0.3 is 20.0 Å². The predicted molar refractivity (Wildman–Crippen MR) is 81.0 cm³/mol. The molecule has 0 aliphatic heterocycles. The van der Waals surface area contributed by atoms with Gasteiger partial charge in [0.1, 0.15) is 12.4 Å². The number of nitrogens with zero attached hydrogens (tertiary/aromatic N) is 1. The Morgan fingerprint density at radius 1 is 1.52 bits per heavy atom. The molecule has 0 unspecified atom stereocenters. The third-order valence-electron chi connectivity index (χ3n) is 2.65. The van der Waals surface area contributed by atoms with Crippen molar-refractivity contribution in [2.24, 2.45) is 0 Å². The summed E-state index contributed by atoms with van der Waals surface area (Å²) in [6.07, 6.45) is -0.168. The van der Waals surface area contributed by atoms with Crippen molar-refractivity contribution < 1.29 is 14.6 Å². The number of carbonyl (C=O) groups excluding carboxylic acids is 1. The number of aliphatic carboxylic acids is 1. The molecule has 1 heterocycles. The first-order chi connectivity index (χ1) is 10.0. The largest absolute Gasteiger partial charge is 0.550 e. The first kappa shape index (κ1) is 15.6. The number of carboxylic acid groups (broad SMARTS) is 1. The first-order valence-electron chi connectivity index (χ1n) is 6.31. The van der Waals surface area contributed by atoms with Crippen LogP contribution < -0.4 is 15.2 Å². The van der Waals surface area contributed by atoms with Crippen LogP contribution in [0.2, 0.25) is 5.02 Å². The number of ether oxygens (including phenoxy) is 1. The summed E-state index contributed by atoms with van der Waals surface area (Å²) in [6.45, 7) is 2.96. The van der Waals surface area contributed by atoms with E-state index in [9.17, 15) is 9.90 Å². The van der Waals surface area contributed by atoms with Crippen molar-refractivity contribution in [2.45, 2.75) is 13.3 Å². The minimum Gasteiger partial charge on any atom is -0.550 e. The molecule has 21 heavy (non-hydrogen) atoms. The number of aryl methyl sites for hydroxylation is 1. The SMILES string of the molecule is Cc1cc(OCCNc2nc(CC(=O)[O-])cs2)ccc1Cl. The summed E-state index contributed by atoms with van der Waals surface area (Å²) in [7, 11) is 0. The second kappa shape index (κ2) is 7.28. The zero-order valence-corrected chi connectivity index (χ0v) is 13.0. The average Bonchev–Trinajstić information content (AvgIpc) is 2.85. The molecule has 1 N–H and O–H groups in total. The summed E-state index contributed by atoms with van der Waals surface area (Å²) in [6, 6.07) is 5.49. The van der Waals surface area contributed by atoms with Gasteiger partial charge in [-0.05, 0) is 30.7 Å². The van der Waals surface area contributed by atoms with Gasteiger partial charge in [0.05, 0.1) is 12.2 Å². The highest BCUT2D eigenvalue weighted by Gasteiger charge is 2.02. The molecule has 0 fully saturated rings. The van der Waals surface area contributed by atoms with E-state index in [-0.39, 0.29) is 6.42 Å². The molecule has 2 rings (SSSR count). The topological polar surface area (TPSA) is 74.3 Å². The standard InChI is InChI=1S/C14H15ClN2O3S/c1-9-6-11(2-3-12(9)15)20-5-4-16-14-17-10(8-21-14)7-13(18)19/h2-3,6,8H,4-5,7H2,1H3,(H,16,17)(H,18,19)/p-1. The second-order valence-electron chi connectivity index (χ2n) is 4.38. The number of halogens is 1. The van der Waals surface area contributed by atoms with Crippen LogP contribution in [0.25, 0.3) is 0 Å². The monoisotopic (exact) mass is 325 g/mol. The summed E-state index contributed by atoms with van der Waals surface area (Å²) in [5.41, 5.74) is 1.46. The van der Waals surface area contributed by atoms with Crippen molar-refractivity contribution in [2.75, 3.05) is 18.5 Å². The number of carbonyl (C=O) groups is 1. The van der Waals surface area contributed by atoms with E-state index in [1.807, 2.05) is 19.1 Å². The Balaban J connectivity index is 1.75. The molecule has 5 nitrogen and oxygen atoms in total. The average molecular weight is 326 g/mol. The van der Waals surface area contributed by atoms with Gasteiger partial charge in [-0.3, -0.25) is 0 Å². The van der Waals surface area contributed by atoms with Crippen LogP contribution >= 0.6 is 22.9 Å². The van der Waals surface area contributed by atoms with E-state index < -0.39 is 5.97 Å². The van der Waals surface area contributed by atoms with E-state index >= 15 is 0 Å². The molecule has 0 atom stereocenters. The molecule has 0 bridgehead atoms. The fourth-order valence-corrected chi connectivity index (χ4v) is 2.51. The van der Waals surface area contributed by atoms with E-state index in [1.165, 1.54) is 11.3 Å². The number of thiazole rings is 1. The zero-order valence-electron chi connectivity index (χ0n) is 11.4. The van der Waals surface area contributed by atoms with E-state index in [2.05, 4.69) is 10.3 Å². The fourth-order valence-electron chi connectivity index (χ4n) is 1.65. The zero-order chi connectivity index (χ0) is 15.2. The van der Waals surface area contributed by atoms with Gasteiger partial charge in [-0.1, -0.05) is 11.6 Å². The third kappa shape index (κ3) is 4.91. The summed E-state index contributed by atoms with van der Waals surface area (Å²) in [4.78, 5) is 14.6. The van der Waals surface area contributed by atoms with Crippen LogP contribution in [-0.4, -0.2) is 24.1 Å². The Bertz CT molecular complexity index is 630. The minimum absolute atomic E-state index is 0.168. The van der Waals surface area contributed by atoms with Gasteiger partial charge in [-0.25, -0.2) is 4.98 Å². The Morgan fingerprint density at radius 2 is 2.33 bits per heavy atom. The number of nitrogens with one attached hydrogen (secondary N) is 1. The van der Waals surface area contributed by atoms with E-state index in [0.29, 0.717) is 29.0 Å². The number of rotatable bonds is 7. The summed E-state index contributed by atoms with van der Waals surface area (Å²) < 4.78 is 5.59. The molecule has 0 aliphatic rings. The van der Waals surface area contributed by atoms with Gasteiger partial charge in [0, 0.05) is 22.8 Å². The molecule has 1 aromatic heterocycles. The lowest BCUT2D eigenvalue weighted by Gasteiger charge is -2.08. The lowest BCUT2D eigenvalue weighted by Crippen LogP contribution is -2.24. The smallest absolute Gasteiger partial charge is 0.182 e. The number of hydrogen-bond acceptors (Lipinski definition) is 6. The van der Waals surface area contributed by atoms with Gasteiger partial charge in [-0.15, -0.1) is 11.3 Å². The molecule has 0 saturated carbocycles. The van der Waals surface area contributed by atoms with Gasteiger partial charge in [0.25, 0.3) is 0 Å². The van der Waals surface area contributed by atoms with Crippen LogP contribution in [0, 0.1) is 6.92 Å². The molecule has 0 saturated heterocycles. The van der Waals surface area contributed by atoms with Crippen LogP contribution in [0.15, 0.2) is 23.6 Å². The number of anilines is 1. The van der Waals surface area contributed by atoms with E-state index in [1.54, 1.807) is 11.4 Å². The maximum atomic E-state index is 10.5. The van der Waals surface area contributed by atoms with Gasteiger partial charge in [-0.2, -0.15) is 0 Å². The van der Waals surface area contributed by atoms with E-state index in [4.69, 9.17) is 16.3 Å². The lowest BCUT2D eigenvalue weighted by molar-refractivity contribution is -0.304. The van der Waals surface area contributed by atoms with Crippen molar-refractivity contribution in [3.05, 3.63) is 39.9 Å². The second-order valence-corrected chi connectivity index (χ2v) is 5.64. The van der Waals surface area contributed by atoms with Crippen molar-refractivity contribution in [3.8, 4) is 5.75 Å². The predicted octanol–water partition coefficient (Wildman–Crippen LogP) is 1.89. The van der Waals surface area contributed by atoms with Crippen LogP contribution in [0.1, 0.15) is 11.3 Å². The fraction of sp³-hybridized carbons (Fsp3) is 0.286. The Morgan fingerprint density at radius 3 is 3.05 bits per heavy atom. The molecule has 0 amide bonds. The van der Waals surface area contributed by atoms with Crippen LogP contribution in [0.3, 0.4) is 0 Å². The highest BCUT2D eigenvalue weighted by Crippen LogP contribution is 2.21. The van der Waals surface area contributed by atoms with Crippen molar-refractivity contribution in [1.29, 1.82) is 0 Å². The van der Waals surface area contributed by atoms with Gasteiger partial charge in [0.2, 0.25) is 0 Å². The van der Waals surface area contributed by atoms with Crippen LogP contribution in [-0.2, 0) is 11.2 Å². The van der Waals surface area contributed by atoms with Gasteiger partial charge in [0.15, 0.2) is 5.13 Å². The Kier molecular flexibility index (Phi) is 5.41. The minimum atomic E-state index is -1.13. The normalized spacial score (nSPS) is 10.4. The number of aromatic nitrogens is 1. The Hall–Kier alpha value is -1.79. The number of carboxylic acids is 1. The summed E-state index contributed by atoms with van der Waals surface area (Å²) in [5.74, 6) is -0.372. The first-order valence-corrected chi connectivity index (χ1v) is 7.57. The van der Waals surface area contributed by atoms with Crippen molar-refractivity contribution >= 4 is 34.0 Å². The molecule has 2 aromatic rings. The summed E-state index contributed by atoms with van der Waals surface area (Å²) >= 11 is 7.30. The lowest BCUT2D eigenvalue weighted by atomic mass is 10.2. The van der Waals surface area contributed by atoms with Crippen LogP contribution in [0.4, 0.5) is 5.13 Å². The molecule has 0 spiro atoms. The van der Waals surface area contributed by atoms with Crippen molar-refractivity contribution in [3.63, 3.8) is 0 Å².